The van der Waals surface area contributed by atoms with E-state index in [1.807, 2.05) is 6.92 Å². The molecule has 23 heavy (non-hydrogen) atoms. The second kappa shape index (κ2) is 5.72. The van der Waals surface area contributed by atoms with Gasteiger partial charge in [0.05, 0.1) is 11.4 Å². The van der Waals surface area contributed by atoms with Crippen molar-refractivity contribution < 1.29 is 0 Å². The molecule has 1 atom stereocenters. The molecule has 1 aliphatic rings. The molecule has 7 heteroatoms. The summed E-state index contributed by atoms with van der Waals surface area (Å²) < 4.78 is 4.49. The van der Waals surface area contributed by atoms with Crippen LogP contribution in [0, 0.1) is 26.7 Å². The number of fused-ring (bicyclic) bond motifs is 2. The molecule has 3 aromatic heterocycles. The van der Waals surface area contributed by atoms with Gasteiger partial charge in [-0.2, -0.15) is 0 Å². The first-order valence-corrected chi connectivity index (χ1v) is 8.97. The van der Waals surface area contributed by atoms with Gasteiger partial charge in [-0.1, -0.05) is 0 Å². The van der Waals surface area contributed by atoms with Gasteiger partial charge in [-0.25, -0.2) is 4.98 Å². The minimum Gasteiger partial charge on any atom is -0.315 e. The Morgan fingerprint density at radius 1 is 1.30 bits per heavy atom. The first-order valence-electron chi connectivity index (χ1n) is 8.15. The van der Waals surface area contributed by atoms with Crippen LogP contribution in [0.3, 0.4) is 0 Å². The number of nitrogens with one attached hydrogen (secondary N) is 1. The first kappa shape index (κ1) is 14.8. The third-order valence-corrected chi connectivity index (χ3v) is 5.59. The van der Waals surface area contributed by atoms with Gasteiger partial charge in [-0.3, -0.25) is 4.40 Å². The topological polar surface area (TPSA) is 60.0 Å². The molecule has 122 valence electrons. The number of hydrogen-bond acceptors (Lipinski definition) is 5. The van der Waals surface area contributed by atoms with Crippen LogP contribution in [0.15, 0.2) is 6.20 Å². The Morgan fingerprint density at radius 3 is 3.04 bits per heavy atom. The van der Waals surface area contributed by atoms with Crippen molar-refractivity contribution in [3.63, 3.8) is 0 Å². The van der Waals surface area contributed by atoms with Gasteiger partial charge in [0.1, 0.15) is 11.6 Å². The molecule has 3 aromatic rings. The Morgan fingerprint density at radius 2 is 2.17 bits per heavy atom. The molecule has 0 saturated carbocycles. The highest BCUT2D eigenvalue weighted by atomic mass is 32.1. The van der Waals surface area contributed by atoms with Gasteiger partial charge in [0.15, 0.2) is 4.96 Å². The second-order valence-corrected chi connectivity index (χ2v) is 7.66. The molecular formula is C16H22N6S. The van der Waals surface area contributed by atoms with E-state index in [-0.39, 0.29) is 0 Å². The summed E-state index contributed by atoms with van der Waals surface area (Å²) >= 11 is 1.75. The van der Waals surface area contributed by atoms with E-state index >= 15 is 0 Å². The van der Waals surface area contributed by atoms with Gasteiger partial charge in [-0.05, 0) is 33.1 Å². The number of nitrogens with zero attached hydrogens (tertiary/aromatic N) is 5. The Labute approximate surface area is 139 Å². The van der Waals surface area contributed by atoms with Crippen molar-refractivity contribution in [3.8, 4) is 0 Å². The quantitative estimate of drug-likeness (QED) is 0.797. The molecule has 0 aromatic carbocycles. The number of aromatic nitrogens is 5. The van der Waals surface area contributed by atoms with Crippen LogP contribution in [0.5, 0.6) is 0 Å². The average molecular weight is 330 g/mol. The van der Waals surface area contributed by atoms with E-state index in [2.05, 4.69) is 49.5 Å². The third-order valence-electron chi connectivity index (χ3n) is 4.70. The molecule has 0 radical (unpaired) electrons. The van der Waals surface area contributed by atoms with E-state index in [1.165, 1.54) is 17.0 Å². The maximum atomic E-state index is 4.65. The lowest BCUT2D eigenvalue weighted by atomic mass is 9.99. The molecule has 1 aliphatic heterocycles. The van der Waals surface area contributed by atoms with E-state index in [1.54, 1.807) is 11.3 Å². The largest absolute Gasteiger partial charge is 0.315 e. The molecule has 6 nitrogen and oxygen atoms in total. The van der Waals surface area contributed by atoms with Crippen molar-refractivity contribution in [1.82, 2.24) is 29.5 Å². The van der Waals surface area contributed by atoms with Crippen molar-refractivity contribution in [2.24, 2.45) is 5.92 Å². The van der Waals surface area contributed by atoms with E-state index in [0.29, 0.717) is 5.92 Å². The standard InChI is InChI=1S/C16H22N6S/c1-10-8-22-14(11(2)18-16(22)23-10)7-17-6-13-4-5-15-20-19-12(3)21(15)9-13/h8,13,17H,4-7,9H2,1-3H3/t13-/m0/s1. The lowest BCUT2D eigenvalue weighted by Crippen LogP contribution is -2.30. The fraction of sp³-hybridized carbons (Fsp3) is 0.562. The number of aryl methyl sites for hydroxylation is 4. The van der Waals surface area contributed by atoms with Crippen LogP contribution in [0.2, 0.25) is 0 Å². The Hall–Kier alpha value is -1.73. The number of hydrogen-bond donors (Lipinski definition) is 1. The van der Waals surface area contributed by atoms with Crippen molar-refractivity contribution in [2.45, 2.75) is 46.7 Å². The summed E-state index contributed by atoms with van der Waals surface area (Å²) in [6.07, 6.45) is 4.40. The monoisotopic (exact) mass is 330 g/mol. The summed E-state index contributed by atoms with van der Waals surface area (Å²) in [5.74, 6) is 2.82. The number of thiazole rings is 1. The van der Waals surface area contributed by atoms with Crippen LogP contribution in [-0.2, 0) is 19.5 Å². The van der Waals surface area contributed by atoms with Crippen LogP contribution >= 0.6 is 11.3 Å². The smallest absolute Gasteiger partial charge is 0.194 e. The van der Waals surface area contributed by atoms with E-state index < -0.39 is 0 Å². The highest BCUT2D eigenvalue weighted by Gasteiger charge is 2.21. The normalized spacial score (nSPS) is 17.8. The van der Waals surface area contributed by atoms with Gasteiger partial charge in [0.25, 0.3) is 0 Å². The second-order valence-electron chi connectivity index (χ2n) is 6.45. The molecule has 0 fully saturated rings. The van der Waals surface area contributed by atoms with Crippen molar-refractivity contribution in [2.75, 3.05) is 6.54 Å². The maximum Gasteiger partial charge on any atom is 0.194 e. The first-order chi connectivity index (χ1) is 11.1. The summed E-state index contributed by atoms with van der Waals surface area (Å²) in [6.45, 7) is 9.18. The zero-order chi connectivity index (χ0) is 16.0. The van der Waals surface area contributed by atoms with Crippen molar-refractivity contribution >= 4 is 16.3 Å². The lowest BCUT2D eigenvalue weighted by molar-refractivity contribution is 0.343. The van der Waals surface area contributed by atoms with Crippen LogP contribution in [0.1, 0.15) is 34.3 Å². The molecule has 0 spiro atoms. The molecular weight excluding hydrogens is 308 g/mol. The van der Waals surface area contributed by atoms with Crippen LogP contribution in [0.4, 0.5) is 0 Å². The Bertz CT molecular complexity index is 842. The predicted molar refractivity (Wildman–Crippen MR) is 90.8 cm³/mol. The number of imidazole rings is 1. The maximum absolute atomic E-state index is 4.65. The molecule has 0 amide bonds. The van der Waals surface area contributed by atoms with Gasteiger partial charge in [0.2, 0.25) is 0 Å². The fourth-order valence-electron chi connectivity index (χ4n) is 3.41. The molecule has 0 bridgehead atoms. The van der Waals surface area contributed by atoms with E-state index in [0.717, 1.165) is 48.4 Å². The van der Waals surface area contributed by atoms with Crippen molar-refractivity contribution in [3.05, 3.63) is 34.1 Å². The Balaban J connectivity index is 1.40. The van der Waals surface area contributed by atoms with Gasteiger partial charge in [0, 0.05) is 37.1 Å². The van der Waals surface area contributed by atoms with Crippen molar-refractivity contribution in [1.29, 1.82) is 0 Å². The summed E-state index contributed by atoms with van der Waals surface area (Å²) in [7, 11) is 0. The van der Waals surface area contributed by atoms with Crippen LogP contribution in [0.25, 0.3) is 4.96 Å². The molecule has 0 aliphatic carbocycles. The zero-order valence-electron chi connectivity index (χ0n) is 13.8. The zero-order valence-corrected chi connectivity index (χ0v) is 14.7. The minimum absolute atomic E-state index is 0.644. The fourth-order valence-corrected chi connectivity index (χ4v) is 4.30. The molecule has 0 unspecified atom stereocenters. The lowest BCUT2D eigenvalue weighted by Gasteiger charge is -2.24. The van der Waals surface area contributed by atoms with Crippen LogP contribution < -0.4 is 5.32 Å². The minimum atomic E-state index is 0.644. The van der Waals surface area contributed by atoms with Gasteiger partial charge >= 0.3 is 0 Å². The molecule has 1 N–H and O–H groups in total. The third kappa shape index (κ3) is 2.68. The summed E-state index contributed by atoms with van der Waals surface area (Å²) in [6, 6.07) is 0. The predicted octanol–water partition coefficient (Wildman–Crippen LogP) is 2.26. The van der Waals surface area contributed by atoms with Gasteiger partial charge in [-0.15, -0.1) is 21.5 Å². The molecule has 0 saturated heterocycles. The number of rotatable bonds is 4. The average Bonchev–Trinajstić information content (AvgIpc) is 3.14. The Kier molecular flexibility index (Phi) is 3.69. The highest BCUT2D eigenvalue weighted by Crippen LogP contribution is 2.22. The summed E-state index contributed by atoms with van der Waals surface area (Å²) in [5, 5.41) is 12.1. The molecule has 4 heterocycles. The van der Waals surface area contributed by atoms with Crippen LogP contribution in [-0.4, -0.2) is 30.7 Å². The SMILES string of the molecule is Cc1cn2c(CNC[C@@H]3CCc4nnc(C)n4C3)c(C)nc2s1. The highest BCUT2D eigenvalue weighted by molar-refractivity contribution is 7.17. The summed E-state index contributed by atoms with van der Waals surface area (Å²) in [4.78, 5) is 7.05. The molecule has 4 rings (SSSR count). The van der Waals surface area contributed by atoms with Gasteiger partial charge < -0.3 is 9.88 Å². The van der Waals surface area contributed by atoms with E-state index in [9.17, 15) is 0 Å². The van der Waals surface area contributed by atoms with E-state index in [4.69, 9.17) is 0 Å². The summed E-state index contributed by atoms with van der Waals surface area (Å²) in [5.41, 5.74) is 2.41.